The van der Waals surface area contributed by atoms with Gasteiger partial charge in [-0.3, -0.25) is 19.6 Å². The molecule has 1 aromatic heterocycles. The van der Waals surface area contributed by atoms with E-state index in [1.807, 2.05) is 12.1 Å². The van der Waals surface area contributed by atoms with Crippen LogP contribution in [-0.2, 0) is 6.54 Å². The average Bonchev–Trinajstić information content (AvgIpc) is 2.67. The smallest absolute Gasteiger partial charge is 0.253 e. The average molecular weight is 334 g/mol. The van der Waals surface area contributed by atoms with Gasteiger partial charge in [0.1, 0.15) is 0 Å². The Hall–Kier alpha value is -3.28. The number of aromatic nitrogens is 2. The number of rotatable bonds is 4. The molecule has 0 atom stereocenters. The minimum Gasteiger partial charge on any atom is -0.355 e. The molecule has 2 aromatic carbocycles. The van der Waals surface area contributed by atoms with Crippen molar-refractivity contribution in [1.82, 2.24) is 20.2 Å². The van der Waals surface area contributed by atoms with E-state index in [1.54, 1.807) is 61.7 Å². The van der Waals surface area contributed by atoms with Crippen molar-refractivity contribution >= 4 is 22.8 Å². The number of hydrogen-bond donors (Lipinski definition) is 1. The number of amides is 2. The second-order valence-corrected chi connectivity index (χ2v) is 5.70. The normalized spacial score (nSPS) is 10.5. The van der Waals surface area contributed by atoms with Gasteiger partial charge < -0.3 is 10.2 Å². The molecule has 0 aliphatic heterocycles. The number of fused-ring (bicyclic) bond motifs is 1. The van der Waals surface area contributed by atoms with Crippen molar-refractivity contribution in [3.8, 4) is 0 Å². The van der Waals surface area contributed by atoms with Crippen LogP contribution < -0.4 is 5.32 Å². The highest BCUT2D eigenvalue weighted by Gasteiger charge is 2.13. The zero-order chi connectivity index (χ0) is 17.8. The van der Waals surface area contributed by atoms with Crippen LogP contribution >= 0.6 is 0 Å². The van der Waals surface area contributed by atoms with Gasteiger partial charge in [-0.05, 0) is 35.9 Å². The molecule has 0 aliphatic carbocycles. The quantitative estimate of drug-likeness (QED) is 0.794. The van der Waals surface area contributed by atoms with Crippen LogP contribution in [0.1, 0.15) is 26.3 Å². The summed E-state index contributed by atoms with van der Waals surface area (Å²) in [6, 6.07) is 12.5. The van der Waals surface area contributed by atoms with E-state index in [-0.39, 0.29) is 11.8 Å². The van der Waals surface area contributed by atoms with E-state index in [0.29, 0.717) is 23.2 Å². The molecule has 6 heteroatoms. The van der Waals surface area contributed by atoms with E-state index in [4.69, 9.17) is 0 Å². The first kappa shape index (κ1) is 16.6. The van der Waals surface area contributed by atoms with Crippen LogP contribution in [0.2, 0.25) is 0 Å². The minimum atomic E-state index is -0.131. The molecule has 1 heterocycles. The van der Waals surface area contributed by atoms with Gasteiger partial charge in [0.15, 0.2) is 0 Å². The van der Waals surface area contributed by atoms with E-state index in [9.17, 15) is 9.59 Å². The van der Waals surface area contributed by atoms with Crippen molar-refractivity contribution in [3.63, 3.8) is 0 Å². The van der Waals surface area contributed by atoms with Gasteiger partial charge >= 0.3 is 0 Å². The van der Waals surface area contributed by atoms with Gasteiger partial charge in [-0.2, -0.15) is 0 Å². The third kappa shape index (κ3) is 3.63. The van der Waals surface area contributed by atoms with Crippen molar-refractivity contribution < 1.29 is 9.59 Å². The fraction of sp³-hybridized carbons (Fsp3) is 0.158. The molecule has 0 saturated carbocycles. The fourth-order valence-corrected chi connectivity index (χ4v) is 2.57. The van der Waals surface area contributed by atoms with Gasteiger partial charge in [0.05, 0.1) is 11.0 Å². The van der Waals surface area contributed by atoms with E-state index < -0.39 is 0 Å². The summed E-state index contributed by atoms with van der Waals surface area (Å²) >= 11 is 0. The number of nitrogens with zero attached hydrogens (tertiary/aromatic N) is 3. The van der Waals surface area contributed by atoms with Crippen molar-refractivity contribution in [2.45, 2.75) is 6.54 Å². The maximum Gasteiger partial charge on any atom is 0.253 e. The third-order valence-electron chi connectivity index (χ3n) is 3.93. The van der Waals surface area contributed by atoms with Crippen LogP contribution in [0.15, 0.2) is 54.9 Å². The van der Waals surface area contributed by atoms with Gasteiger partial charge in [0, 0.05) is 44.2 Å². The zero-order valence-corrected chi connectivity index (χ0v) is 14.1. The van der Waals surface area contributed by atoms with Crippen LogP contribution in [0.4, 0.5) is 0 Å². The first-order chi connectivity index (χ1) is 12.1. The number of carbonyl (C=O) groups excluding carboxylic acids is 2. The second-order valence-electron chi connectivity index (χ2n) is 5.70. The topological polar surface area (TPSA) is 75.2 Å². The molecule has 3 rings (SSSR count). The molecular formula is C19H18N4O2. The lowest BCUT2D eigenvalue weighted by molar-refractivity contribution is 0.0784. The molecule has 6 nitrogen and oxygen atoms in total. The largest absolute Gasteiger partial charge is 0.355 e. The lowest BCUT2D eigenvalue weighted by atomic mass is 10.1. The first-order valence-electron chi connectivity index (χ1n) is 7.86. The fourth-order valence-electron chi connectivity index (χ4n) is 2.57. The number of benzene rings is 2. The minimum absolute atomic E-state index is 0.0945. The summed E-state index contributed by atoms with van der Waals surface area (Å²) in [5.74, 6) is -0.226. The van der Waals surface area contributed by atoms with Crippen LogP contribution in [-0.4, -0.2) is 40.8 Å². The standard InChI is InChI=1S/C19H18N4O2/c1-20-18(24)14-5-3-13(4-6-14)12-23(2)19(25)15-7-8-16-17(11-15)22-10-9-21-16/h3-11H,12H2,1-2H3,(H,20,24). The molecule has 0 unspecified atom stereocenters. The molecule has 0 bridgehead atoms. The van der Waals surface area contributed by atoms with E-state index in [1.165, 1.54) is 0 Å². The van der Waals surface area contributed by atoms with Gasteiger partial charge in [0.25, 0.3) is 11.8 Å². The molecule has 0 spiro atoms. The zero-order valence-electron chi connectivity index (χ0n) is 14.1. The maximum absolute atomic E-state index is 12.6. The van der Waals surface area contributed by atoms with Crippen molar-refractivity contribution in [2.75, 3.05) is 14.1 Å². The monoisotopic (exact) mass is 334 g/mol. The summed E-state index contributed by atoms with van der Waals surface area (Å²) in [7, 11) is 3.34. The Morgan fingerprint density at radius 2 is 1.60 bits per heavy atom. The Labute approximate surface area is 145 Å². The molecule has 0 fully saturated rings. The first-order valence-corrected chi connectivity index (χ1v) is 7.86. The predicted molar refractivity (Wildman–Crippen MR) is 95.2 cm³/mol. The molecule has 2 amide bonds. The van der Waals surface area contributed by atoms with E-state index >= 15 is 0 Å². The van der Waals surface area contributed by atoms with Gasteiger partial charge in [0.2, 0.25) is 0 Å². The Kier molecular flexibility index (Phi) is 4.70. The summed E-state index contributed by atoms with van der Waals surface area (Å²) in [6.45, 7) is 0.450. The van der Waals surface area contributed by atoms with Crippen LogP contribution in [0, 0.1) is 0 Å². The summed E-state index contributed by atoms with van der Waals surface area (Å²) in [5.41, 5.74) is 3.55. The number of carbonyl (C=O) groups is 2. The van der Waals surface area contributed by atoms with E-state index in [0.717, 1.165) is 11.1 Å². The highest BCUT2D eigenvalue weighted by molar-refractivity contribution is 5.97. The van der Waals surface area contributed by atoms with Gasteiger partial charge in [-0.25, -0.2) is 0 Å². The second kappa shape index (κ2) is 7.09. The molecule has 25 heavy (non-hydrogen) atoms. The predicted octanol–water partition coefficient (Wildman–Crippen LogP) is 2.26. The van der Waals surface area contributed by atoms with E-state index in [2.05, 4.69) is 15.3 Å². The molecule has 0 radical (unpaired) electrons. The molecule has 1 N–H and O–H groups in total. The Morgan fingerprint density at radius 3 is 2.28 bits per heavy atom. The maximum atomic E-state index is 12.6. The summed E-state index contributed by atoms with van der Waals surface area (Å²) in [5, 5.41) is 2.58. The van der Waals surface area contributed by atoms with Crippen molar-refractivity contribution in [1.29, 1.82) is 0 Å². The Bertz CT molecular complexity index is 922. The lowest BCUT2D eigenvalue weighted by Gasteiger charge is -2.17. The third-order valence-corrected chi connectivity index (χ3v) is 3.93. The number of hydrogen-bond acceptors (Lipinski definition) is 4. The Balaban J connectivity index is 1.74. The van der Waals surface area contributed by atoms with Gasteiger partial charge in [-0.15, -0.1) is 0 Å². The molecule has 0 aliphatic rings. The van der Waals surface area contributed by atoms with Crippen LogP contribution in [0.3, 0.4) is 0 Å². The van der Waals surface area contributed by atoms with Crippen molar-refractivity contribution in [3.05, 3.63) is 71.5 Å². The summed E-state index contributed by atoms with van der Waals surface area (Å²) in [4.78, 5) is 34.3. The molecule has 0 saturated heterocycles. The Morgan fingerprint density at radius 1 is 0.960 bits per heavy atom. The summed E-state index contributed by atoms with van der Waals surface area (Å²) in [6.07, 6.45) is 3.23. The van der Waals surface area contributed by atoms with Crippen LogP contribution in [0.5, 0.6) is 0 Å². The summed E-state index contributed by atoms with van der Waals surface area (Å²) < 4.78 is 0. The lowest BCUT2D eigenvalue weighted by Crippen LogP contribution is -2.26. The number of nitrogens with one attached hydrogen (secondary N) is 1. The molecule has 3 aromatic rings. The van der Waals surface area contributed by atoms with Crippen LogP contribution in [0.25, 0.3) is 11.0 Å². The molecular weight excluding hydrogens is 316 g/mol. The van der Waals surface area contributed by atoms with Crippen molar-refractivity contribution in [2.24, 2.45) is 0 Å². The highest BCUT2D eigenvalue weighted by atomic mass is 16.2. The van der Waals surface area contributed by atoms with Gasteiger partial charge in [-0.1, -0.05) is 12.1 Å². The SMILES string of the molecule is CNC(=O)c1ccc(CN(C)C(=O)c2ccc3nccnc3c2)cc1. The highest BCUT2D eigenvalue weighted by Crippen LogP contribution is 2.14. The molecule has 126 valence electrons.